The van der Waals surface area contributed by atoms with Crippen molar-refractivity contribution in [3.8, 4) is 5.75 Å². The fraction of sp³-hybridized carbons (Fsp3) is 0.393. The van der Waals surface area contributed by atoms with Crippen LogP contribution in [0.5, 0.6) is 5.75 Å². The average Bonchev–Trinajstić information content (AvgIpc) is 3.70. The standard InChI is InChI=1S/C28H32N4O8S/c1-40-24-9-5-8-20-19(24)14-21(30-20)27(35)32-15-18(16-6-3-2-4-7-16)13-23(32)26(34)31-22(28(36)41(37,38)39)12-17-10-11-29-25(17)33/h2-9,14,17-18,22-23,28,30,36H,10-13,15H2,1H3,(H,29,33)(H,31,34)(H,37,38,39). The molecule has 0 spiro atoms. The van der Waals surface area contributed by atoms with E-state index < -0.39 is 45.4 Å². The number of nitrogens with zero attached hydrogens (tertiary/aromatic N) is 1. The van der Waals surface area contributed by atoms with Gasteiger partial charge in [0.05, 0.1) is 13.2 Å². The second kappa shape index (κ2) is 11.5. The van der Waals surface area contributed by atoms with Crippen LogP contribution in [0.1, 0.15) is 41.2 Å². The highest BCUT2D eigenvalue weighted by Crippen LogP contribution is 2.34. The van der Waals surface area contributed by atoms with Crippen molar-refractivity contribution in [2.45, 2.75) is 42.7 Å². The summed E-state index contributed by atoms with van der Waals surface area (Å²) in [5, 5.41) is 16.3. The van der Waals surface area contributed by atoms with Gasteiger partial charge in [-0.1, -0.05) is 36.4 Å². The van der Waals surface area contributed by atoms with Crippen LogP contribution in [0, 0.1) is 5.92 Å². The highest BCUT2D eigenvalue weighted by molar-refractivity contribution is 7.86. The Bertz CT molecular complexity index is 1560. The van der Waals surface area contributed by atoms with E-state index in [1.54, 1.807) is 24.3 Å². The monoisotopic (exact) mass is 584 g/mol. The first kappa shape index (κ1) is 28.6. The first-order valence-electron chi connectivity index (χ1n) is 13.3. The fourth-order valence-electron chi connectivity index (χ4n) is 5.76. The summed E-state index contributed by atoms with van der Waals surface area (Å²) in [4.78, 5) is 44.2. The van der Waals surface area contributed by atoms with Crippen LogP contribution in [-0.2, 0) is 19.7 Å². The molecule has 218 valence electrons. The lowest BCUT2D eigenvalue weighted by atomic mass is 9.95. The van der Waals surface area contributed by atoms with E-state index in [4.69, 9.17) is 4.74 Å². The van der Waals surface area contributed by atoms with Gasteiger partial charge in [0.1, 0.15) is 17.5 Å². The summed E-state index contributed by atoms with van der Waals surface area (Å²) in [6.45, 7) is 0.592. The largest absolute Gasteiger partial charge is 0.496 e. The fourth-order valence-corrected chi connectivity index (χ4v) is 6.35. The summed E-state index contributed by atoms with van der Waals surface area (Å²) in [5.41, 5.74) is -0.501. The SMILES string of the molecule is COc1cccc2[nH]c(C(=O)N3CC(c4ccccc4)CC3C(=O)NC(CC3CCNC3=O)C(O)S(=O)(=O)O)cc12. The van der Waals surface area contributed by atoms with Crippen molar-refractivity contribution in [1.82, 2.24) is 20.5 Å². The Morgan fingerprint density at radius 1 is 1.17 bits per heavy atom. The van der Waals surface area contributed by atoms with Crippen molar-refractivity contribution in [3.05, 3.63) is 65.9 Å². The number of benzene rings is 2. The lowest BCUT2D eigenvalue weighted by Crippen LogP contribution is -2.54. The van der Waals surface area contributed by atoms with E-state index in [1.807, 2.05) is 30.3 Å². The molecule has 0 aliphatic carbocycles. The van der Waals surface area contributed by atoms with Crippen molar-refractivity contribution in [1.29, 1.82) is 0 Å². The van der Waals surface area contributed by atoms with Gasteiger partial charge in [-0.25, -0.2) is 0 Å². The van der Waals surface area contributed by atoms with E-state index in [2.05, 4.69) is 15.6 Å². The van der Waals surface area contributed by atoms with Crippen LogP contribution in [0.4, 0.5) is 0 Å². The van der Waals surface area contributed by atoms with Crippen molar-refractivity contribution in [2.75, 3.05) is 20.2 Å². The van der Waals surface area contributed by atoms with Crippen LogP contribution in [0.2, 0.25) is 0 Å². The molecule has 2 saturated heterocycles. The number of rotatable bonds is 9. The lowest BCUT2D eigenvalue weighted by molar-refractivity contribution is -0.127. The molecule has 0 saturated carbocycles. The smallest absolute Gasteiger partial charge is 0.294 e. The maximum absolute atomic E-state index is 13.8. The summed E-state index contributed by atoms with van der Waals surface area (Å²) >= 11 is 0. The number of aromatic nitrogens is 1. The number of carbonyl (C=O) groups excluding carboxylic acids is 3. The van der Waals surface area contributed by atoms with Crippen molar-refractivity contribution < 1.29 is 37.2 Å². The zero-order valence-corrected chi connectivity index (χ0v) is 23.1. The van der Waals surface area contributed by atoms with Crippen molar-refractivity contribution >= 4 is 38.7 Å². The van der Waals surface area contributed by atoms with E-state index in [0.29, 0.717) is 29.6 Å². The highest BCUT2D eigenvalue weighted by atomic mass is 32.2. The minimum Gasteiger partial charge on any atom is -0.496 e. The van der Waals surface area contributed by atoms with E-state index in [-0.39, 0.29) is 36.9 Å². The molecule has 2 aliphatic rings. The number of aromatic amines is 1. The van der Waals surface area contributed by atoms with E-state index in [1.165, 1.54) is 12.0 Å². The van der Waals surface area contributed by atoms with E-state index >= 15 is 0 Å². The number of H-pyrrole nitrogens is 1. The molecule has 2 fully saturated rings. The molecule has 12 nitrogen and oxygen atoms in total. The second-order valence-electron chi connectivity index (χ2n) is 10.5. The van der Waals surface area contributed by atoms with Crippen molar-refractivity contribution in [2.24, 2.45) is 5.92 Å². The predicted octanol–water partition coefficient (Wildman–Crippen LogP) is 1.39. The van der Waals surface area contributed by atoms with Gasteiger partial charge >= 0.3 is 0 Å². The van der Waals surface area contributed by atoms with Crippen molar-refractivity contribution in [3.63, 3.8) is 0 Å². The number of aliphatic hydroxyl groups is 1. The Labute approximate surface area is 236 Å². The summed E-state index contributed by atoms with van der Waals surface area (Å²) < 4.78 is 38.6. The van der Waals surface area contributed by atoms with Gasteiger partial charge in [0.2, 0.25) is 17.3 Å². The summed E-state index contributed by atoms with van der Waals surface area (Å²) in [6.07, 6.45) is 0.421. The number of hydrogen-bond acceptors (Lipinski definition) is 7. The summed E-state index contributed by atoms with van der Waals surface area (Å²) in [6, 6.07) is 13.9. The Kier molecular flexibility index (Phi) is 8.02. The van der Waals surface area contributed by atoms with Crippen LogP contribution >= 0.6 is 0 Å². The number of fused-ring (bicyclic) bond motifs is 1. The summed E-state index contributed by atoms with van der Waals surface area (Å²) in [5.74, 6) is -1.74. The third kappa shape index (κ3) is 5.92. The van der Waals surface area contributed by atoms with Gasteiger partial charge in [0, 0.05) is 35.8 Å². The Morgan fingerprint density at radius 3 is 2.59 bits per heavy atom. The van der Waals surface area contributed by atoms with Gasteiger partial charge < -0.3 is 30.4 Å². The predicted molar refractivity (Wildman–Crippen MR) is 149 cm³/mol. The highest BCUT2D eigenvalue weighted by Gasteiger charge is 2.43. The lowest BCUT2D eigenvalue weighted by Gasteiger charge is -2.28. The van der Waals surface area contributed by atoms with Crippen LogP contribution in [-0.4, -0.2) is 83.4 Å². The van der Waals surface area contributed by atoms with Gasteiger partial charge in [0.15, 0.2) is 0 Å². The van der Waals surface area contributed by atoms with Crippen LogP contribution in [0.3, 0.4) is 0 Å². The number of hydrogen-bond donors (Lipinski definition) is 5. The van der Waals surface area contributed by atoms with Gasteiger partial charge in [-0.15, -0.1) is 0 Å². The second-order valence-corrected chi connectivity index (χ2v) is 12.0. The Hall–Kier alpha value is -3.94. The first-order chi connectivity index (χ1) is 19.6. The molecular formula is C28H32N4O8S. The Morgan fingerprint density at radius 2 is 1.93 bits per heavy atom. The molecule has 5 N–H and O–H groups in total. The number of likely N-dealkylation sites (tertiary alicyclic amines) is 1. The molecule has 1 aromatic heterocycles. The zero-order valence-electron chi connectivity index (χ0n) is 22.3. The minimum absolute atomic E-state index is 0.194. The minimum atomic E-state index is -4.97. The van der Waals surface area contributed by atoms with Gasteiger partial charge in [-0.05, 0) is 43.0 Å². The molecule has 5 atom stereocenters. The van der Waals surface area contributed by atoms with Gasteiger partial charge in [-0.3, -0.25) is 18.9 Å². The Balaban J connectivity index is 1.45. The molecule has 3 heterocycles. The molecule has 3 aromatic rings. The molecule has 3 amide bonds. The van der Waals surface area contributed by atoms with Crippen LogP contribution in [0.15, 0.2) is 54.6 Å². The number of methoxy groups -OCH3 is 1. The number of amides is 3. The number of nitrogens with one attached hydrogen (secondary N) is 3. The van der Waals surface area contributed by atoms with Gasteiger partial charge in [-0.2, -0.15) is 8.42 Å². The third-order valence-electron chi connectivity index (χ3n) is 7.89. The molecule has 0 radical (unpaired) electrons. The first-order valence-corrected chi connectivity index (χ1v) is 14.8. The zero-order chi connectivity index (χ0) is 29.3. The van der Waals surface area contributed by atoms with E-state index in [0.717, 1.165) is 5.56 Å². The van der Waals surface area contributed by atoms with Crippen LogP contribution < -0.4 is 15.4 Å². The number of aliphatic hydroxyl groups excluding tert-OH is 1. The molecule has 41 heavy (non-hydrogen) atoms. The maximum atomic E-state index is 13.8. The molecule has 2 aliphatic heterocycles. The number of carbonyl (C=O) groups is 3. The molecule has 2 aromatic carbocycles. The quantitative estimate of drug-likeness (QED) is 0.234. The van der Waals surface area contributed by atoms with Gasteiger partial charge in [0.25, 0.3) is 16.0 Å². The summed E-state index contributed by atoms with van der Waals surface area (Å²) in [7, 11) is -3.44. The molecule has 5 rings (SSSR count). The molecule has 0 bridgehead atoms. The third-order valence-corrected chi connectivity index (χ3v) is 8.83. The normalized spacial score (nSPS) is 22.4. The topological polar surface area (TPSA) is 178 Å². The van der Waals surface area contributed by atoms with E-state index in [9.17, 15) is 32.5 Å². The molecule has 5 unspecified atom stereocenters. The number of ether oxygens (including phenoxy) is 1. The maximum Gasteiger partial charge on any atom is 0.294 e. The molecular weight excluding hydrogens is 552 g/mol. The average molecular weight is 585 g/mol. The molecule has 13 heteroatoms. The van der Waals surface area contributed by atoms with Crippen LogP contribution in [0.25, 0.3) is 10.9 Å².